The minimum absolute atomic E-state index is 0. The number of rotatable bonds is 10. The van der Waals surface area contributed by atoms with Gasteiger partial charge in [0.25, 0.3) is 0 Å². The minimum Gasteiger partial charge on any atom is -0.489 e. The fraction of sp³-hybridized carbons (Fsp3) is 0.588. The molecule has 0 heterocycles. The third kappa shape index (κ3) is 10.6. The molecule has 0 aliphatic carbocycles. The van der Waals surface area contributed by atoms with Crippen LogP contribution in [-0.4, -0.2) is 45.4 Å². The van der Waals surface area contributed by atoms with E-state index in [0.29, 0.717) is 31.4 Å². The zero-order valence-electron chi connectivity index (χ0n) is 14.7. The number of hydrogen-bond acceptors (Lipinski definition) is 3. The first kappa shape index (κ1) is 22.9. The van der Waals surface area contributed by atoms with E-state index in [-0.39, 0.29) is 35.9 Å². The molecule has 0 fully saturated rings. The van der Waals surface area contributed by atoms with Crippen molar-refractivity contribution in [2.24, 2.45) is 4.99 Å². The molecule has 0 amide bonds. The highest BCUT2D eigenvalue weighted by atomic mass is 127. The number of guanidine groups is 1. The predicted octanol–water partition coefficient (Wildman–Crippen LogP) is 3.19. The lowest BCUT2D eigenvalue weighted by atomic mass is 10.3. The first-order chi connectivity index (χ1) is 11.2. The Morgan fingerprint density at radius 2 is 2.08 bits per heavy atom. The molecule has 0 saturated carbocycles. The van der Waals surface area contributed by atoms with E-state index in [2.05, 4.69) is 22.5 Å². The summed E-state index contributed by atoms with van der Waals surface area (Å²) >= 11 is 0. The third-order valence-corrected chi connectivity index (χ3v) is 3.09. The molecule has 1 aromatic rings. The smallest absolute Gasteiger partial charge is 0.191 e. The maximum atomic E-state index is 13.1. The predicted molar refractivity (Wildman–Crippen MR) is 107 cm³/mol. The maximum absolute atomic E-state index is 13.1. The second kappa shape index (κ2) is 14.3. The van der Waals surface area contributed by atoms with E-state index in [9.17, 15) is 4.39 Å². The van der Waals surface area contributed by atoms with Crippen molar-refractivity contribution in [3.05, 3.63) is 30.1 Å². The molecule has 1 unspecified atom stereocenters. The highest BCUT2D eigenvalue weighted by Gasteiger charge is 2.06. The van der Waals surface area contributed by atoms with E-state index in [1.165, 1.54) is 12.1 Å². The van der Waals surface area contributed by atoms with Gasteiger partial charge in [0.2, 0.25) is 0 Å². The van der Waals surface area contributed by atoms with E-state index < -0.39 is 0 Å². The van der Waals surface area contributed by atoms with Crippen LogP contribution in [0.4, 0.5) is 4.39 Å². The molecule has 0 aliphatic rings. The van der Waals surface area contributed by atoms with Gasteiger partial charge in [-0.15, -0.1) is 24.0 Å². The normalized spacial score (nSPS) is 12.2. The van der Waals surface area contributed by atoms with Crippen molar-refractivity contribution in [1.29, 1.82) is 0 Å². The third-order valence-electron chi connectivity index (χ3n) is 3.09. The summed E-state index contributed by atoms with van der Waals surface area (Å²) in [4.78, 5) is 4.14. The van der Waals surface area contributed by atoms with E-state index in [1.54, 1.807) is 19.2 Å². The number of unbranched alkanes of at least 4 members (excludes halogenated alkanes) is 1. The van der Waals surface area contributed by atoms with Crippen LogP contribution in [0.1, 0.15) is 26.7 Å². The van der Waals surface area contributed by atoms with Gasteiger partial charge in [-0.05, 0) is 25.5 Å². The molecule has 7 heteroatoms. The van der Waals surface area contributed by atoms with E-state index in [4.69, 9.17) is 9.47 Å². The highest BCUT2D eigenvalue weighted by molar-refractivity contribution is 14.0. The van der Waals surface area contributed by atoms with Crippen LogP contribution in [0.3, 0.4) is 0 Å². The van der Waals surface area contributed by atoms with Crippen molar-refractivity contribution in [1.82, 2.24) is 10.6 Å². The largest absolute Gasteiger partial charge is 0.489 e. The van der Waals surface area contributed by atoms with Gasteiger partial charge in [-0.3, -0.25) is 4.99 Å². The molecule has 24 heavy (non-hydrogen) atoms. The Morgan fingerprint density at radius 3 is 2.75 bits per heavy atom. The van der Waals surface area contributed by atoms with Gasteiger partial charge in [-0.1, -0.05) is 19.4 Å². The van der Waals surface area contributed by atoms with Crippen molar-refractivity contribution in [3.63, 3.8) is 0 Å². The second-order valence-corrected chi connectivity index (χ2v) is 5.23. The second-order valence-electron chi connectivity index (χ2n) is 5.23. The Balaban J connectivity index is 0.00000529. The molecule has 1 atom stereocenters. The van der Waals surface area contributed by atoms with Gasteiger partial charge in [0.1, 0.15) is 17.7 Å². The molecule has 0 radical (unpaired) electrons. The summed E-state index contributed by atoms with van der Waals surface area (Å²) in [5.41, 5.74) is 0. The number of nitrogens with one attached hydrogen (secondary N) is 2. The Kier molecular flexibility index (Phi) is 13.6. The molecular weight excluding hydrogens is 424 g/mol. The summed E-state index contributed by atoms with van der Waals surface area (Å²) in [6.45, 7) is 6.76. The van der Waals surface area contributed by atoms with Crippen LogP contribution in [0.25, 0.3) is 0 Å². The first-order valence-corrected chi connectivity index (χ1v) is 8.10. The number of benzene rings is 1. The van der Waals surface area contributed by atoms with Gasteiger partial charge < -0.3 is 20.1 Å². The standard InChI is InChI=1S/C17H28FN3O2.HI/c1-4-5-10-22-11-9-20-17(19-3)21-13-14(2)23-16-8-6-7-15(18)12-16;/h6-8,12,14H,4-5,9-11,13H2,1-3H3,(H2,19,20,21);1H. The van der Waals surface area contributed by atoms with Crippen molar-refractivity contribution in [3.8, 4) is 5.75 Å². The molecule has 0 bridgehead atoms. The molecule has 0 spiro atoms. The molecule has 5 nitrogen and oxygen atoms in total. The number of aliphatic imine (C=N–C) groups is 1. The Bertz CT molecular complexity index is 475. The summed E-state index contributed by atoms with van der Waals surface area (Å²) in [5.74, 6) is 0.911. The number of ether oxygens (including phenoxy) is 2. The average Bonchev–Trinajstić information content (AvgIpc) is 2.53. The lowest BCUT2D eigenvalue weighted by Crippen LogP contribution is -2.42. The summed E-state index contributed by atoms with van der Waals surface area (Å²) in [6.07, 6.45) is 2.11. The molecule has 1 rings (SSSR count). The molecule has 2 N–H and O–H groups in total. The van der Waals surface area contributed by atoms with Gasteiger partial charge in [-0.2, -0.15) is 0 Å². The summed E-state index contributed by atoms with van der Waals surface area (Å²) in [6, 6.07) is 6.13. The lowest BCUT2D eigenvalue weighted by molar-refractivity contribution is 0.136. The number of nitrogens with zero attached hydrogens (tertiary/aromatic N) is 1. The molecule has 0 aliphatic heterocycles. The molecular formula is C17H29FIN3O2. The van der Waals surface area contributed by atoms with Crippen LogP contribution in [0, 0.1) is 5.82 Å². The van der Waals surface area contributed by atoms with E-state index in [0.717, 1.165) is 19.4 Å². The average molecular weight is 453 g/mol. The van der Waals surface area contributed by atoms with Crippen LogP contribution >= 0.6 is 24.0 Å². The Labute approximate surface area is 161 Å². The van der Waals surface area contributed by atoms with Gasteiger partial charge in [-0.25, -0.2) is 4.39 Å². The van der Waals surface area contributed by atoms with Crippen molar-refractivity contribution in [2.45, 2.75) is 32.8 Å². The topological polar surface area (TPSA) is 54.9 Å². The molecule has 0 saturated heterocycles. The molecule has 138 valence electrons. The van der Waals surface area contributed by atoms with Crippen LogP contribution < -0.4 is 15.4 Å². The first-order valence-electron chi connectivity index (χ1n) is 8.10. The van der Waals surface area contributed by atoms with Crippen molar-refractivity contribution < 1.29 is 13.9 Å². The Hall–Kier alpha value is -1.09. The van der Waals surface area contributed by atoms with Gasteiger partial charge in [0.05, 0.1) is 13.2 Å². The zero-order chi connectivity index (χ0) is 16.9. The Morgan fingerprint density at radius 1 is 1.29 bits per heavy atom. The summed E-state index contributed by atoms with van der Waals surface area (Å²) in [7, 11) is 1.71. The molecule has 1 aromatic carbocycles. The van der Waals surface area contributed by atoms with Crippen LogP contribution in [0.2, 0.25) is 0 Å². The monoisotopic (exact) mass is 453 g/mol. The van der Waals surface area contributed by atoms with E-state index >= 15 is 0 Å². The quantitative estimate of drug-likeness (QED) is 0.247. The maximum Gasteiger partial charge on any atom is 0.191 e. The van der Waals surface area contributed by atoms with E-state index in [1.807, 2.05) is 6.92 Å². The lowest BCUT2D eigenvalue weighted by Gasteiger charge is -2.17. The van der Waals surface area contributed by atoms with Crippen molar-refractivity contribution >= 4 is 29.9 Å². The van der Waals surface area contributed by atoms with Crippen LogP contribution in [0.15, 0.2) is 29.3 Å². The van der Waals surface area contributed by atoms with Crippen LogP contribution in [0.5, 0.6) is 5.75 Å². The number of hydrogen-bond donors (Lipinski definition) is 2. The van der Waals surface area contributed by atoms with Crippen molar-refractivity contribution in [2.75, 3.05) is 33.4 Å². The van der Waals surface area contributed by atoms with Gasteiger partial charge in [0.15, 0.2) is 5.96 Å². The fourth-order valence-electron chi connectivity index (χ4n) is 1.87. The molecule has 0 aromatic heterocycles. The summed E-state index contributed by atoms with van der Waals surface area (Å²) in [5, 5.41) is 6.34. The van der Waals surface area contributed by atoms with Gasteiger partial charge in [0, 0.05) is 26.3 Å². The highest BCUT2D eigenvalue weighted by Crippen LogP contribution is 2.13. The number of halogens is 2. The SMILES string of the molecule is CCCCOCCNC(=NC)NCC(C)Oc1cccc(F)c1.I. The van der Waals surface area contributed by atoms with Gasteiger partial charge >= 0.3 is 0 Å². The zero-order valence-corrected chi connectivity index (χ0v) is 17.0. The minimum atomic E-state index is -0.303. The van der Waals surface area contributed by atoms with Crippen LogP contribution in [-0.2, 0) is 4.74 Å². The summed E-state index contributed by atoms with van der Waals surface area (Å²) < 4.78 is 24.2. The fourth-order valence-corrected chi connectivity index (χ4v) is 1.87.